The Morgan fingerprint density at radius 1 is 1.26 bits per heavy atom. The standard InChI is InChI=1S/C19H30N6O.HI/c1-5-6-12-20-19(21-15-18-23-22-16(2)25(18)4)24(3)13-14-26-17-10-8-7-9-11-17;/h7-11H,5-6,12-15H2,1-4H3,(H,20,21);1H. The van der Waals surface area contributed by atoms with E-state index in [1.165, 1.54) is 0 Å². The Hall–Kier alpha value is -1.84. The van der Waals surface area contributed by atoms with Gasteiger partial charge in [-0.25, -0.2) is 4.99 Å². The molecule has 0 saturated carbocycles. The van der Waals surface area contributed by atoms with Crippen molar-refractivity contribution in [2.45, 2.75) is 33.2 Å². The number of hydrogen-bond donors (Lipinski definition) is 1. The summed E-state index contributed by atoms with van der Waals surface area (Å²) >= 11 is 0. The first-order chi connectivity index (χ1) is 12.6. The molecule has 0 atom stereocenters. The Morgan fingerprint density at radius 2 is 2.00 bits per heavy atom. The molecule has 0 aliphatic rings. The number of nitrogens with one attached hydrogen (secondary N) is 1. The van der Waals surface area contributed by atoms with Crippen molar-refractivity contribution in [3.63, 3.8) is 0 Å². The summed E-state index contributed by atoms with van der Waals surface area (Å²) in [4.78, 5) is 6.80. The van der Waals surface area contributed by atoms with Crippen LogP contribution in [0.2, 0.25) is 0 Å². The Morgan fingerprint density at radius 3 is 2.63 bits per heavy atom. The molecule has 8 heteroatoms. The summed E-state index contributed by atoms with van der Waals surface area (Å²) in [5, 5.41) is 11.7. The number of aromatic nitrogens is 3. The number of guanidine groups is 1. The lowest BCUT2D eigenvalue weighted by molar-refractivity contribution is 0.281. The molecule has 1 aromatic heterocycles. The van der Waals surface area contributed by atoms with Crippen molar-refractivity contribution in [1.82, 2.24) is 25.0 Å². The van der Waals surface area contributed by atoms with Crippen LogP contribution in [0.15, 0.2) is 35.3 Å². The molecule has 0 fully saturated rings. The number of likely N-dealkylation sites (N-methyl/N-ethyl adjacent to an activating group) is 1. The molecular weight excluding hydrogens is 455 g/mol. The third-order valence-corrected chi connectivity index (χ3v) is 4.17. The van der Waals surface area contributed by atoms with Crippen LogP contribution >= 0.6 is 24.0 Å². The van der Waals surface area contributed by atoms with Crippen LogP contribution in [0.4, 0.5) is 0 Å². The van der Waals surface area contributed by atoms with Gasteiger partial charge in [0.05, 0.1) is 6.54 Å². The highest BCUT2D eigenvalue weighted by Gasteiger charge is 2.09. The molecule has 0 saturated heterocycles. The van der Waals surface area contributed by atoms with E-state index in [0.29, 0.717) is 13.2 Å². The first-order valence-corrected chi connectivity index (χ1v) is 9.14. The zero-order valence-electron chi connectivity index (χ0n) is 16.7. The average molecular weight is 486 g/mol. The molecule has 0 aliphatic carbocycles. The minimum absolute atomic E-state index is 0. The smallest absolute Gasteiger partial charge is 0.194 e. The number of para-hydroxylation sites is 1. The molecule has 2 aromatic rings. The number of aliphatic imine (C=N–C) groups is 1. The van der Waals surface area contributed by atoms with Crippen molar-refractivity contribution in [1.29, 1.82) is 0 Å². The van der Waals surface area contributed by atoms with Gasteiger partial charge < -0.3 is 19.5 Å². The maximum atomic E-state index is 5.79. The number of unbranched alkanes of at least 4 members (excludes halogenated alkanes) is 1. The van der Waals surface area contributed by atoms with Gasteiger partial charge in [-0.2, -0.15) is 0 Å². The van der Waals surface area contributed by atoms with E-state index in [1.807, 2.05) is 55.9 Å². The van der Waals surface area contributed by atoms with Gasteiger partial charge in [0.25, 0.3) is 0 Å². The fourth-order valence-corrected chi connectivity index (χ4v) is 2.35. The molecule has 0 aliphatic heterocycles. The first kappa shape index (κ1) is 23.2. The maximum absolute atomic E-state index is 5.79. The van der Waals surface area contributed by atoms with Crippen molar-refractivity contribution >= 4 is 29.9 Å². The molecule has 1 N–H and O–H groups in total. The molecule has 1 heterocycles. The number of hydrogen-bond acceptors (Lipinski definition) is 4. The highest BCUT2D eigenvalue weighted by Crippen LogP contribution is 2.08. The van der Waals surface area contributed by atoms with E-state index in [-0.39, 0.29) is 24.0 Å². The number of nitrogens with zero attached hydrogens (tertiary/aromatic N) is 5. The van der Waals surface area contributed by atoms with Gasteiger partial charge >= 0.3 is 0 Å². The molecule has 2 rings (SSSR count). The van der Waals surface area contributed by atoms with Crippen LogP contribution in [-0.2, 0) is 13.6 Å². The summed E-state index contributed by atoms with van der Waals surface area (Å²) in [7, 11) is 3.98. The van der Waals surface area contributed by atoms with Crippen LogP contribution < -0.4 is 10.1 Å². The summed E-state index contributed by atoms with van der Waals surface area (Å²) in [6, 6.07) is 9.85. The second-order valence-electron chi connectivity index (χ2n) is 6.23. The molecule has 0 spiro atoms. The second-order valence-corrected chi connectivity index (χ2v) is 6.23. The third-order valence-electron chi connectivity index (χ3n) is 4.17. The van der Waals surface area contributed by atoms with E-state index >= 15 is 0 Å². The van der Waals surface area contributed by atoms with Crippen molar-refractivity contribution in [2.75, 3.05) is 26.7 Å². The molecule has 150 valence electrons. The molecule has 0 amide bonds. The number of rotatable bonds is 9. The lowest BCUT2D eigenvalue weighted by Gasteiger charge is -2.22. The van der Waals surface area contributed by atoms with Crippen LogP contribution in [-0.4, -0.2) is 52.4 Å². The Bertz CT molecular complexity index is 689. The lowest BCUT2D eigenvalue weighted by atomic mass is 10.3. The lowest BCUT2D eigenvalue weighted by Crippen LogP contribution is -2.41. The van der Waals surface area contributed by atoms with Crippen LogP contribution in [0.25, 0.3) is 0 Å². The van der Waals surface area contributed by atoms with E-state index in [1.54, 1.807) is 0 Å². The molecular formula is C19H31IN6O. The Labute approximate surface area is 179 Å². The second kappa shape index (κ2) is 12.5. The molecule has 27 heavy (non-hydrogen) atoms. The zero-order chi connectivity index (χ0) is 18.8. The first-order valence-electron chi connectivity index (χ1n) is 9.14. The van der Waals surface area contributed by atoms with Gasteiger partial charge in [0.2, 0.25) is 0 Å². The van der Waals surface area contributed by atoms with Gasteiger partial charge in [-0.3, -0.25) is 0 Å². The highest BCUT2D eigenvalue weighted by molar-refractivity contribution is 14.0. The summed E-state index contributed by atoms with van der Waals surface area (Å²) in [6.45, 7) is 6.85. The summed E-state index contributed by atoms with van der Waals surface area (Å²) in [6.07, 6.45) is 2.25. The van der Waals surface area contributed by atoms with Crippen molar-refractivity contribution in [3.8, 4) is 5.75 Å². The molecule has 1 aromatic carbocycles. The van der Waals surface area contributed by atoms with E-state index in [4.69, 9.17) is 9.73 Å². The van der Waals surface area contributed by atoms with E-state index in [9.17, 15) is 0 Å². The Kier molecular flexibility index (Phi) is 10.8. The fraction of sp³-hybridized carbons (Fsp3) is 0.526. The van der Waals surface area contributed by atoms with Gasteiger partial charge in [0, 0.05) is 20.6 Å². The SMILES string of the molecule is CCCCNC(=NCc1nnc(C)n1C)N(C)CCOc1ccccc1.I. The summed E-state index contributed by atoms with van der Waals surface area (Å²) in [5.41, 5.74) is 0. The van der Waals surface area contributed by atoms with Crippen LogP contribution in [0, 0.1) is 6.92 Å². The van der Waals surface area contributed by atoms with E-state index in [0.717, 1.165) is 49.3 Å². The predicted octanol–water partition coefficient (Wildman–Crippen LogP) is 3.00. The van der Waals surface area contributed by atoms with Gasteiger partial charge in [0.1, 0.15) is 24.7 Å². The molecule has 0 bridgehead atoms. The third kappa shape index (κ3) is 7.74. The average Bonchev–Trinajstić information content (AvgIpc) is 2.97. The largest absolute Gasteiger partial charge is 0.492 e. The van der Waals surface area contributed by atoms with E-state index < -0.39 is 0 Å². The van der Waals surface area contributed by atoms with Crippen molar-refractivity contribution in [2.24, 2.45) is 12.0 Å². The number of ether oxygens (including phenoxy) is 1. The fourth-order valence-electron chi connectivity index (χ4n) is 2.35. The van der Waals surface area contributed by atoms with E-state index in [2.05, 4.69) is 27.3 Å². The van der Waals surface area contributed by atoms with Crippen LogP contribution in [0.1, 0.15) is 31.4 Å². The number of halogens is 1. The van der Waals surface area contributed by atoms with Gasteiger partial charge in [-0.1, -0.05) is 31.5 Å². The molecule has 0 unspecified atom stereocenters. The van der Waals surface area contributed by atoms with Gasteiger partial charge in [-0.05, 0) is 25.5 Å². The highest BCUT2D eigenvalue weighted by atomic mass is 127. The zero-order valence-corrected chi connectivity index (χ0v) is 19.0. The topological polar surface area (TPSA) is 67.6 Å². The summed E-state index contributed by atoms with van der Waals surface area (Å²) in [5.74, 6) is 3.48. The van der Waals surface area contributed by atoms with Gasteiger partial charge in [0.15, 0.2) is 11.8 Å². The molecule has 0 radical (unpaired) electrons. The minimum atomic E-state index is 0. The summed E-state index contributed by atoms with van der Waals surface area (Å²) < 4.78 is 7.75. The minimum Gasteiger partial charge on any atom is -0.492 e. The van der Waals surface area contributed by atoms with Gasteiger partial charge in [-0.15, -0.1) is 34.2 Å². The molecule has 7 nitrogen and oxygen atoms in total. The van der Waals surface area contributed by atoms with Crippen molar-refractivity contribution in [3.05, 3.63) is 42.0 Å². The normalized spacial score (nSPS) is 11.0. The van der Waals surface area contributed by atoms with Crippen molar-refractivity contribution < 1.29 is 4.74 Å². The van der Waals surface area contributed by atoms with Crippen LogP contribution in [0.5, 0.6) is 5.75 Å². The maximum Gasteiger partial charge on any atom is 0.194 e. The Balaban J connectivity index is 0.00000364. The number of aryl methyl sites for hydroxylation is 1. The predicted molar refractivity (Wildman–Crippen MR) is 120 cm³/mol. The number of benzene rings is 1. The van der Waals surface area contributed by atoms with Crippen LogP contribution in [0.3, 0.4) is 0 Å². The monoisotopic (exact) mass is 486 g/mol. The quantitative estimate of drug-likeness (QED) is 0.256.